The van der Waals surface area contributed by atoms with Crippen molar-refractivity contribution in [2.45, 2.75) is 6.42 Å². The van der Waals surface area contributed by atoms with Crippen LogP contribution in [0.5, 0.6) is 0 Å². The Morgan fingerprint density at radius 3 is 2.89 bits per heavy atom. The molecule has 0 heterocycles. The van der Waals surface area contributed by atoms with Gasteiger partial charge in [0.2, 0.25) is 0 Å². The van der Waals surface area contributed by atoms with Gasteiger partial charge in [0.15, 0.2) is 0 Å². The van der Waals surface area contributed by atoms with Crippen molar-refractivity contribution in [2.75, 3.05) is 31.7 Å². The maximum absolute atomic E-state index is 13.0. The number of hydrogen-bond acceptors (Lipinski definition) is 5. The third-order valence-corrected chi connectivity index (χ3v) is 2.17. The first-order chi connectivity index (χ1) is 8.65. The average Bonchev–Trinajstić information content (AvgIpc) is 2.33. The quantitative estimate of drug-likeness (QED) is 0.420. The van der Waals surface area contributed by atoms with Gasteiger partial charge in [-0.25, -0.2) is 4.39 Å². The second kappa shape index (κ2) is 7.57. The highest BCUT2D eigenvalue weighted by Crippen LogP contribution is 2.24. The van der Waals surface area contributed by atoms with Crippen LogP contribution in [0.4, 0.5) is 15.8 Å². The molecule has 0 fully saturated rings. The summed E-state index contributed by atoms with van der Waals surface area (Å²) < 4.78 is 18.0. The molecule has 0 amide bonds. The Kier molecular flexibility index (Phi) is 6.03. The standard InChI is InChI=1S/C11H15FN2O4/c12-9-2-3-11(14(16)17)10(8-9)13-4-1-6-18-7-5-15/h2-3,8,13,15H,1,4-7H2. The van der Waals surface area contributed by atoms with Gasteiger partial charge in [0, 0.05) is 25.3 Å². The highest BCUT2D eigenvalue weighted by Gasteiger charge is 2.13. The molecule has 0 aliphatic carbocycles. The molecule has 6 nitrogen and oxygen atoms in total. The minimum atomic E-state index is -0.565. The number of ether oxygens (including phenoxy) is 1. The van der Waals surface area contributed by atoms with E-state index in [-0.39, 0.29) is 24.6 Å². The number of halogens is 1. The SMILES string of the molecule is O=[N+]([O-])c1ccc(F)cc1NCCCOCCO. The van der Waals surface area contributed by atoms with Crippen LogP contribution >= 0.6 is 0 Å². The molecule has 1 rings (SSSR count). The molecule has 18 heavy (non-hydrogen) atoms. The van der Waals surface area contributed by atoms with E-state index in [0.29, 0.717) is 19.6 Å². The Bertz CT molecular complexity index is 401. The Morgan fingerprint density at radius 1 is 1.44 bits per heavy atom. The molecule has 0 bridgehead atoms. The van der Waals surface area contributed by atoms with Gasteiger partial charge in [0.05, 0.1) is 18.1 Å². The molecule has 0 aromatic heterocycles. The van der Waals surface area contributed by atoms with Crippen molar-refractivity contribution in [1.82, 2.24) is 0 Å². The van der Waals surface area contributed by atoms with Crippen LogP contribution in [0.2, 0.25) is 0 Å². The summed E-state index contributed by atoms with van der Waals surface area (Å²) in [7, 11) is 0. The maximum atomic E-state index is 13.0. The van der Waals surface area contributed by atoms with Crippen LogP contribution in [0.3, 0.4) is 0 Å². The van der Waals surface area contributed by atoms with Crippen molar-refractivity contribution in [1.29, 1.82) is 0 Å². The van der Waals surface area contributed by atoms with E-state index in [2.05, 4.69) is 5.32 Å². The number of hydrogen-bond donors (Lipinski definition) is 2. The van der Waals surface area contributed by atoms with Gasteiger partial charge in [0.25, 0.3) is 5.69 Å². The third kappa shape index (κ3) is 4.64. The Labute approximate surface area is 104 Å². The van der Waals surface area contributed by atoms with E-state index < -0.39 is 10.7 Å². The van der Waals surface area contributed by atoms with E-state index in [9.17, 15) is 14.5 Å². The molecule has 2 N–H and O–H groups in total. The van der Waals surface area contributed by atoms with E-state index in [1.165, 1.54) is 0 Å². The summed E-state index contributed by atoms with van der Waals surface area (Å²) in [6.45, 7) is 1.08. The summed E-state index contributed by atoms with van der Waals surface area (Å²) in [4.78, 5) is 10.1. The molecule has 0 aliphatic heterocycles. The zero-order chi connectivity index (χ0) is 13.4. The van der Waals surface area contributed by atoms with Crippen molar-refractivity contribution in [3.63, 3.8) is 0 Å². The Hall–Kier alpha value is -1.73. The van der Waals surface area contributed by atoms with Crippen molar-refractivity contribution in [3.8, 4) is 0 Å². The molecule has 0 saturated heterocycles. The molecule has 0 radical (unpaired) electrons. The number of nitrogens with one attached hydrogen (secondary N) is 1. The van der Waals surface area contributed by atoms with Gasteiger partial charge in [-0.05, 0) is 12.5 Å². The molecular weight excluding hydrogens is 243 g/mol. The molecule has 0 saturated carbocycles. The van der Waals surface area contributed by atoms with Crippen LogP contribution in [0, 0.1) is 15.9 Å². The van der Waals surface area contributed by atoms with Gasteiger partial charge < -0.3 is 15.2 Å². The fourth-order valence-electron chi connectivity index (χ4n) is 1.37. The largest absolute Gasteiger partial charge is 0.394 e. The van der Waals surface area contributed by atoms with E-state index in [1.807, 2.05) is 0 Å². The summed E-state index contributed by atoms with van der Waals surface area (Å²) in [5, 5.41) is 22.0. The van der Waals surface area contributed by atoms with Gasteiger partial charge in [-0.1, -0.05) is 0 Å². The van der Waals surface area contributed by atoms with Gasteiger partial charge in [-0.2, -0.15) is 0 Å². The minimum absolute atomic E-state index is 0.0389. The second-order valence-corrected chi connectivity index (χ2v) is 3.53. The molecule has 0 aliphatic rings. The first kappa shape index (κ1) is 14.3. The molecule has 7 heteroatoms. The number of benzene rings is 1. The zero-order valence-corrected chi connectivity index (χ0v) is 9.76. The van der Waals surface area contributed by atoms with Gasteiger partial charge >= 0.3 is 0 Å². The van der Waals surface area contributed by atoms with Crippen molar-refractivity contribution >= 4 is 11.4 Å². The lowest BCUT2D eigenvalue weighted by Crippen LogP contribution is -2.09. The van der Waals surface area contributed by atoms with Crippen LogP contribution in [0.1, 0.15) is 6.42 Å². The van der Waals surface area contributed by atoms with Crippen molar-refractivity contribution in [2.24, 2.45) is 0 Å². The average molecular weight is 258 g/mol. The summed E-state index contributed by atoms with van der Waals surface area (Å²) in [5.41, 5.74) is -0.00478. The molecule has 0 atom stereocenters. The fraction of sp³-hybridized carbons (Fsp3) is 0.455. The van der Waals surface area contributed by atoms with E-state index in [4.69, 9.17) is 9.84 Å². The fourth-order valence-corrected chi connectivity index (χ4v) is 1.37. The zero-order valence-electron chi connectivity index (χ0n) is 9.76. The lowest BCUT2D eigenvalue weighted by Gasteiger charge is -2.07. The lowest BCUT2D eigenvalue weighted by atomic mass is 10.2. The van der Waals surface area contributed by atoms with Crippen LogP contribution in [-0.4, -0.2) is 36.4 Å². The summed E-state index contributed by atoms with van der Waals surface area (Å²) in [6, 6.07) is 3.26. The number of anilines is 1. The second-order valence-electron chi connectivity index (χ2n) is 3.53. The van der Waals surface area contributed by atoms with Gasteiger partial charge in [-0.15, -0.1) is 0 Å². The van der Waals surface area contributed by atoms with Crippen LogP contribution in [0.25, 0.3) is 0 Å². The normalized spacial score (nSPS) is 10.3. The van der Waals surface area contributed by atoms with E-state index >= 15 is 0 Å². The number of rotatable bonds is 8. The molecular formula is C11H15FN2O4. The van der Waals surface area contributed by atoms with Gasteiger partial charge in [0.1, 0.15) is 11.5 Å². The first-order valence-corrected chi connectivity index (χ1v) is 5.51. The van der Waals surface area contributed by atoms with Crippen molar-refractivity contribution < 1.29 is 19.2 Å². The van der Waals surface area contributed by atoms with Gasteiger partial charge in [-0.3, -0.25) is 10.1 Å². The molecule has 0 unspecified atom stereocenters. The smallest absolute Gasteiger partial charge is 0.292 e. The Balaban J connectivity index is 2.45. The molecule has 1 aromatic carbocycles. The molecule has 0 spiro atoms. The van der Waals surface area contributed by atoms with Crippen LogP contribution < -0.4 is 5.32 Å². The van der Waals surface area contributed by atoms with Crippen molar-refractivity contribution in [3.05, 3.63) is 34.1 Å². The summed E-state index contributed by atoms with van der Waals surface area (Å²) >= 11 is 0. The topological polar surface area (TPSA) is 84.6 Å². The van der Waals surface area contributed by atoms with Crippen LogP contribution in [0.15, 0.2) is 18.2 Å². The Morgan fingerprint density at radius 2 is 2.22 bits per heavy atom. The summed E-state index contributed by atoms with van der Waals surface area (Å²) in [5.74, 6) is -0.528. The molecule has 100 valence electrons. The minimum Gasteiger partial charge on any atom is -0.394 e. The molecule has 1 aromatic rings. The van der Waals surface area contributed by atoms with E-state index in [0.717, 1.165) is 18.2 Å². The number of nitrogens with zero attached hydrogens (tertiary/aromatic N) is 1. The van der Waals surface area contributed by atoms with E-state index in [1.54, 1.807) is 0 Å². The highest BCUT2D eigenvalue weighted by molar-refractivity contribution is 5.61. The number of nitro benzene ring substituents is 1. The number of aliphatic hydroxyl groups is 1. The monoisotopic (exact) mass is 258 g/mol. The first-order valence-electron chi connectivity index (χ1n) is 5.51. The lowest BCUT2D eigenvalue weighted by molar-refractivity contribution is -0.384. The predicted molar refractivity (Wildman–Crippen MR) is 64.1 cm³/mol. The predicted octanol–water partition coefficient (Wildman–Crippen LogP) is 1.54. The summed E-state index contributed by atoms with van der Waals surface area (Å²) in [6.07, 6.45) is 0.605. The third-order valence-electron chi connectivity index (χ3n) is 2.17. The maximum Gasteiger partial charge on any atom is 0.292 e. The van der Waals surface area contributed by atoms with Crippen LogP contribution in [-0.2, 0) is 4.74 Å². The highest BCUT2D eigenvalue weighted by atomic mass is 19.1. The number of aliphatic hydroxyl groups excluding tert-OH is 1. The number of nitro groups is 1.